The molecule has 1 heterocycles. The predicted octanol–water partition coefficient (Wildman–Crippen LogP) is 0.799. The molecular formula is C7H8F2N2O2. The maximum atomic E-state index is 12.2. The van der Waals surface area contributed by atoms with Gasteiger partial charge in [0.2, 0.25) is 0 Å². The number of alkyl halides is 2. The van der Waals surface area contributed by atoms with Crippen LogP contribution in [0.15, 0.2) is 6.07 Å². The molecule has 1 rings (SSSR count). The zero-order valence-electron chi connectivity index (χ0n) is 6.54. The number of nitrogens with two attached hydrogens (primary N) is 1. The summed E-state index contributed by atoms with van der Waals surface area (Å²) >= 11 is 0. The average Bonchev–Trinajstić information content (AvgIpc) is 2.08. The molecule has 0 aliphatic carbocycles. The molecular weight excluding hydrogens is 182 g/mol. The zero-order valence-corrected chi connectivity index (χ0v) is 6.54. The fraction of sp³-hybridized carbons (Fsp3) is 0.286. The maximum absolute atomic E-state index is 12.2. The third-order valence-corrected chi connectivity index (χ3v) is 1.53. The van der Waals surface area contributed by atoms with Crippen LogP contribution in [0.2, 0.25) is 0 Å². The minimum Gasteiger partial charge on any atom is -0.504 e. The van der Waals surface area contributed by atoms with Gasteiger partial charge in [0.1, 0.15) is 0 Å². The number of hydrogen-bond donors (Lipinski definition) is 3. The molecule has 0 bridgehead atoms. The number of nitrogens with zero attached hydrogens (tertiary/aromatic N) is 1. The summed E-state index contributed by atoms with van der Waals surface area (Å²) in [7, 11) is 0. The number of aliphatic hydroxyl groups is 1. The lowest BCUT2D eigenvalue weighted by Gasteiger charge is -2.07. The van der Waals surface area contributed by atoms with Crippen LogP contribution < -0.4 is 5.73 Å². The molecule has 0 saturated carbocycles. The van der Waals surface area contributed by atoms with E-state index in [2.05, 4.69) is 4.98 Å². The van der Waals surface area contributed by atoms with E-state index in [1.165, 1.54) is 0 Å². The zero-order chi connectivity index (χ0) is 10.0. The van der Waals surface area contributed by atoms with E-state index < -0.39 is 24.3 Å². The first kappa shape index (κ1) is 9.66. The predicted molar refractivity (Wildman–Crippen MR) is 41.2 cm³/mol. The molecule has 72 valence electrons. The number of halogens is 2. The topological polar surface area (TPSA) is 79.4 Å². The van der Waals surface area contributed by atoms with Crippen molar-refractivity contribution in [2.45, 2.75) is 13.0 Å². The Balaban J connectivity index is 3.25. The quantitative estimate of drug-likeness (QED) is 0.644. The molecule has 0 spiro atoms. The molecule has 13 heavy (non-hydrogen) atoms. The maximum Gasteiger partial charge on any atom is 0.265 e. The molecule has 0 fully saturated rings. The van der Waals surface area contributed by atoms with Crippen molar-refractivity contribution in [1.29, 1.82) is 0 Å². The minimum absolute atomic E-state index is 0.217. The summed E-state index contributed by atoms with van der Waals surface area (Å²) in [4.78, 5) is 3.41. The molecule has 4 nitrogen and oxygen atoms in total. The van der Waals surface area contributed by atoms with Crippen molar-refractivity contribution < 1.29 is 19.0 Å². The van der Waals surface area contributed by atoms with Gasteiger partial charge in [0, 0.05) is 5.56 Å². The van der Waals surface area contributed by atoms with Crippen LogP contribution in [-0.2, 0) is 6.61 Å². The first-order valence-corrected chi connectivity index (χ1v) is 3.43. The largest absolute Gasteiger partial charge is 0.504 e. The fourth-order valence-corrected chi connectivity index (χ4v) is 0.887. The van der Waals surface area contributed by atoms with Crippen molar-refractivity contribution in [2.75, 3.05) is 5.73 Å². The summed E-state index contributed by atoms with van der Waals surface area (Å²) in [6, 6.07) is 0.804. The van der Waals surface area contributed by atoms with Gasteiger partial charge in [-0.15, -0.1) is 0 Å². The lowest BCUT2D eigenvalue weighted by molar-refractivity contribution is 0.145. The van der Waals surface area contributed by atoms with E-state index in [1.807, 2.05) is 0 Å². The van der Waals surface area contributed by atoms with Crippen molar-refractivity contribution in [2.24, 2.45) is 0 Å². The van der Waals surface area contributed by atoms with Crippen LogP contribution in [0.4, 0.5) is 14.6 Å². The second kappa shape index (κ2) is 3.53. The second-order valence-corrected chi connectivity index (χ2v) is 2.39. The van der Waals surface area contributed by atoms with Gasteiger partial charge < -0.3 is 15.9 Å². The van der Waals surface area contributed by atoms with Crippen molar-refractivity contribution in [3.63, 3.8) is 0 Å². The Morgan fingerprint density at radius 1 is 1.54 bits per heavy atom. The normalized spacial score (nSPS) is 10.8. The molecule has 0 atom stereocenters. The number of nitrogen functional groups attached to an aromatic ring is 1. The molecule has 1 aromatic heterocycles. The first-order valence-electron chi connectivity index (χ1n) is 3.43. The van der Waals surface area contributed by atoms with Crippen LogP contribution in [0, 0.1) is 0 Å². The number of aliphatic hydroxyl groups excluding tert-OH is 1. The Bertz CT molecular complexity index is 318. The highest BCUT2D eigenvalue weighted by Crippen LogP contribution is 2.28. The number of rotatable bonds is 2. The van der Waals surface area contributed by atoms with E-state index in [4.69, 9.17) is 15.9 Å². The lowest BCUT2D eigenvalue weighted by atomic mass is 10.2. The third kappa shape index (κ3) is 1.83. The van der Waals surface area contributed by atoms with E-state index in [0.29, 0.717) is 0 Å². The highest BCUT2D eigenvalue weighted by molar-refractivity contribution is 5.48. The first-order chi connectivity index (χ1) is 6.06. The number of anilines is 1. The molecule has 4 N–H and O–H groups in total. The van der Waals surface area contributed by atoms with Crippen molar-refractivity contribution in [3.8, 4) is 5.75 Å². The number of hydrogen-bond acceptors (Lipinski definition) is 4. The summed E-state index contributed by atoms with van der Waals surface area (Å²) in [6.07, 6.45) is -2.79. The Morgan fingerprint density at radius 3 is 2.62 bits per heavy atom. The average molecular weight is 190 g/mol. The van der Waals surface area contributed by atoms with Crippen LogP contribution >= 0.6 is 0 Å². The number of aromatic hydroxyl groups is 1. The van der Waals surface area contributed by atoms with Crippen LogP contribution in [0.5, 0.6) is 5.75 Å². The van der Waals surface area contributed by atoms with E-state index >= 15 is 0 Å². The summed E-state index contributed by atoms with van der Waals surface area (Å²) in [5.41, 5.74) is 4.43. The van der Waals surface area contributed by atoms with Crippen LogP contribution in [-0.4, -0.2) is 15.2 Å². The highest BCUT2D eigenvalue weighted by Gasteiger charge is 2.16. The standard InChI is InChI=1S/C7H8F2N2O2/c8-6(9)3-1-5(13)7(10)11-4(3)2-12/h1,6,12-13H,2H2,(H2,10,11). The van der Waals surface area contributed by atoms with Gasteiger partial charge in [-0.2, -0.15) is 0 Å². The summed E-state index contributed by atoms with van der Waals surface area (Å²) in [5.74, 6) is -0.777. The molecule has 0 amide bonds. The van der Waals surface area contributed by atoms with Crippen LogP contribution in [0.1, 0.15) is 17.7 Å². The van der Waals surface area contributed by atoms with Crippen LogP contribution in [0.25, 0.3) is 0 Å². The van der Waals surface area contributed by atoms with Gasteiger partial charge in [-0.1, -0.05) is 0 Å². The van der Waals surface area contributed by atoms with Crippen molar-refractivity contribution in [3.05, 3.63) is 17.3 Å². The minimum atomic E-state index is -2.79. The molecule has 0 radical (unpaired) electrons. The number of pyridine rings is 1. The smallest absolute Gasteiger partial charge is 0.265 e. The van der Waals surface area contributed by atoms with Gasteiger partial charge in [0.25, 0.3) is 6.43 Å². The second-order valence-electron chi connectivity index (χ2n) is 2.39. The third-order valence-electron chi connectivity index (χ3n) is 1.53. The Hall–Kier alpha value is -1.43. The molecule has 0 saturated heterocycles. The van der Waals surface area contributed by atoms with E-state index in [-0.39, 0.29) is 11.5 Å². The number of aromatic nitrogens is 1. The fourth-order valence-electron chi connectivity index (χ4n) is 0.887. The van der Waals surface area contributed by atoms with Crippen molar-refractivity contribution >= 4 is 5.82 Å². The Kier molecular flexibility index (Phi) is 2.62. The lowest BCUT2D eigenvalue weighted by Crippen LogP contribution is -2.02. The van der Waals surface area contributed by atoms with Gasteiger partial charge in [-0.05, 0) is 6.07 Å². The van der Waals surface area contributed by atoms with Crippen molar-refractivity contribution in [1.82, 2.24) is 4.98 Å². The van der Waals surface area contributed by atoms with Crippen LogP contribution in [0.3, 0.4) is 0 Å². The van der Waals surface area contributed by atoms with E-state index in [9.17, 15) is 8.78 Å². The SMILES string of the molecule is Nc1nc(CO)c(C(F)F)cc1O. The molecule has 0 aromatic carbocycles. The molecule has 0 unspecified atom stereocenters. The summed E-state index contributed by atoms with van der Waals surface area (Å²) in [6.45, 7) is -0.635. The summed E-state index contributed by atoms with van der Waals surface area (Å²) in [5, 5.41) is 17.6. The highest BCUT2D eigenvalue weighted by atomic mass is 19.3. The van der Waals surface area contributed by atoms with E-state index in [0.717, 1.165) is 6.07 Å². The Morgan fingerprint density at radius 2 is 2.15 bits per heavy atom. The van der Waals surface area contributed by atoms with E-state index in [1.54, 1.807) is 0 Å². The van der Waals surface area contributed by atoms with Gasteiger partial charge in [0.05, 0.1) is 12.3 Å². The monoisotopic (exact) mass is 190 g/mol. The molecule has 6 heteroatoms. The van der Waals surface area contributed by atoms with Gasteiger partial charge in [-0.25, -0.2) is 13.8 Å². The molecule has 0 aliphatic rings. The van der Waals surface area contributed by atoms with Gasteiger partial charge in [-0.3, -0.25) is 0 Å². The Labute approximate surface area is 72.6 Å². The summed E-state index contributed by atoms with van der Waals surface area (Å²) < 4.78 is 24.4. The molecule has 1 aromatic rings. The molecule has 0 aliphatic heterocycles. The van der Waals surface area contributed by atoms with Gasteiger partial charge in [0.15, 0.2) is 11.6 Å². The van der Waals surface area contributed by atoms with Gasteiger partial charge >= 0.3 is 0 Å².